The van der Waals surface area contributed by atoms with Gasteiger partial charge in [-0.05, 0) is 43.0 Å². The van der Waals surface area contributed by atoms with E-state index in [1.54, 1.807) is 0 Å². The third-order valence-corrected chi connectivity index (χ3v) is 3.33. The SMILES string of the molecule is Cc1ccc2c(c1)C(n1cccc1)CC2. The minimum Gasteiger partial charge on any atom is -0.347 e. The molecule has 1 nitrogen and oxygen atoms in total. The molecule has 0 radical (unpaired) electrons. The normalized spacial score (nSPS) is 19.1. The molecular formula is C14H15N. The van der Waals surface area contributed by atoms with Crippen molar-refractivity contribution in [1.82, 2.24) is 4.57 Å². The summed E-state index contributed by atoms with van der Waals surface area (Å²) in [5.41, 5.74) is 4.42. The summed E-state index contributed by atoms with van der Waals surface area (Å²) in [7, 11) is 0. The Morgan fingerprint density at radius 3 is 2.80 bits per heavy atom. The Morgan fingerprint density at radius 2 is 2.00 bits per heavy atom. The maximum absolute atomic E-state index is 2.34. The first kappa shape index (κ1) is 8.78. The van der Waals surface area contributed by atoms with E-state index in [4.69, 9.17) is 0 Å². The first-order valence-corrected chi connectivity index (χ1v) is 5.56. The summed E-state index contributed by atoms with van der Waals surface area (Å²) >= 11 is 0. The molecule has 3 rings (SSSR count). The smallest absolute Gasteiger partial charge is 0.0585 e. The van der Waals surface area contributed by atoms with Crippen LogP contribution in [0, 0.1) is 6.92 Å². The molecule has 1 heterocycles. The van der Waals surface area contributed by atoms with E-state index >= 15 is 0 Å². The summed E-state index contributed by atoms with van der Waals surface area (Å²) in [5.74, 6) is 0. The van der Waals surface area contributed by atoms with E-state index < -0.39 is 0 Å². The second-order valence-electron chi connectivity index (χ2n) is 4.39. The number of fused-ring (bicyclic) bond motifs is 1. The topological polar surface area (TPSA) is 4.93 Å². The number of hydrogen-bond donors (Lipinski definition) is 0. The summed E-state index contributed by atoms with van der Waals surface area (Å²) in [5, 5.41) is 0. The molecule has 1 aliphatic carbocycles. The molecule has 0 aliphatic heterocycles. The maximum atomic E-state index is 2.34. The Morgan fingerprint density at radius 1 is 1.20 bits per heavy atom. The maximum Gasteiger partial charge on any atom is 0.0585 e. The molecule has 15 heavy (non-hydrogen) atoms. The molecule has 1 unspecified atom stereocenters. The second-order valence-corrected chi connectivity index (χ2v) is 4.39. The number of aryl methyl sites for hydroxylation is 2. The van der Waals surface area contributed by atoms with Crippen molar-refractivity contribution in [2.24, 2.45) is 0 Å². The minimum atomic E-state index is 0.565. The quantitative estimate of drug-likeness (QED) is 0.661. The molecule has 0 saturated heterocycles. The highest BCUT2D eigenvalue weighted by Crippen LogP contribution is 2.34. The van der Waals surface area contributed by atoms with Crippen molar-refractivity contribution in [3.63, 3.8) is 0 Å². The van der Waals surface area contributed by atoms with Gasteiger partial charge >= 0.3 is 0 Å². The van der Waals surface area contributed by atoms with Crippen molar-refractivity contribution in [3.8, 4) is 0 Å². The van der Waals surface area contributed by atoms with Crippen LogP contribution < -0.4 is 0 Å². The molecule has 0 spiro atoms. The highest BCUT2D eigenvalue weighted by molar-refractivity contribution is 5.38. The number of rotatable bonds is 1. The molecule has 1 aromatic carbocycles. The zero-order valence-corrected chi connectivity index (χ0v) is 8.98. The highest BCUT2D eigenvalue weighted by Gasteiger charge is 2.22. The van der Waals surface area contributed by atoms with Gasteiger partial charge in [-0.15, -0.1) is 0 Å². The van der Waals surface area contributed by atoms with Crippen LogP contribution in [-0.2, 0) is 6.42 Å². The molecule has 0 saturated carbocycles. The van der Waals surface area contributed by atoms with Crippen molar-refractivity contribution in [1.29, 1.82) is 0 Å². The van der Waals surface area contributed by atoms with Crippen LogP contribution in [0.4, 0.5) is 0 Å². The molecule has 1 atom stereocenters. The van der Waals surface area contributed by atoms with Crippen LogP contribution in [0.2, 0.25) is 0 Å². The molecule has 2 aromatic rings. The van der Waals surface area contributed by atoms with E-state index in [-0.39, 0.29) is 0 Å². The van der Waals surface area contributed by atoms with E-state index in [1.165, 1.54) is 29.5 Å². The predicted octanol–water partition coefficient (Wildman–Crippen LogP) is 3.33. The van der Waals surface area contributed by atoms with Gasteiger partial charge in [0.25, 0.3) is 0 Å². The fourth-order valence-electron chi connectivity index (χ4n) is 2.57. The number of benzene rings is 1. The van der Waals surface area contributed by atoms with Crippen LogP contribution in [0.3, 0.4) is 0 Å². The number of nitrogens with zero attached hydrogens (tertiary/aromatic N) is 1. The first-order chi connectivity index (χ1) is 7.34. The van der Waals surface area contributed by atoms with Crippen molar-refractivity contribution >= 4 is 0 Å². The Hall–Kier alpha value is -1.50. The molecule has 1 heteroatoms. The van der Waals surface area contributed by atoms with Crippen molar-refractivity contribution in [3.05, 3.63) is 59.4 Å². The van der Waals surface area contributed by atoms with Crippen molar-refractivity contribution in [2.45, 2.75) is 25.8 Å². The van der Waals surface area contributed by atoms with Gasteiger partial charge < -0.3 is 4.57 Å². The molecule has 1 aromatic heterocycles. The Labute approximate surface area is 90.4 Å². The third-order valence-electron chi connectivity index (χ3n) is 3.33. The highest BCUT2D eigenvalue weighted by atomic mass is 15.0. The second kappa shape index (κ2) is 3.27. The van der Waals surface area contributed by atoms with Crippen LogP contribution in [-0.4, -0.2) is 4.57 Å². The van der Waals surface area contributed by atoms with Crippen LogP contribution in [0.15, 0.2) is 42.7 Å². The van der Waals surface area contributed by atoms with Crippen LogP contribution in [0.1, 0.15) is 29.2 Å². The van der Waals surface area contributed by atoms with Gasteiger partial charge in [0.15, 0.2) is 0 Å². The first-order valence-electron chi connectivity index (χ1n) is 5.56. The summed E-state index contributed by atoms with van der Waals surface area (Å²) in [6.45, 7) is 2.17. The monoisotopic (exact) mass is 197 g/mol. The molecule has 0 bridgehead atoms. The van der Waals surface area contributed by atoms with E-state index in [0.717, 1.165) is 0 Å². The lowest BCUT2D eigenvalue weighted by Crippen LogP contribution is -2.04. The fourth-order valence-corrected chi connectivity index (χ4v) is 2.57. The van der Waals surface area contributed by atoms with Gasteiger partial charge in [0, 0.05) is 12.4 Å². The number of aromatic nitrogens is 1. The van der Waals surface area contributed by atoms with E-state index in [9.17, 15) is 0 Å². The van der Waals surface area contributed by atoms with Crippen LogP contribution >= 0.6 is 0 Å². The van der Waals surface area contributed by atoms with Gasteiger partial charge in [-0.1, -0.05) is 23.8 Å². The summed E-state index contributed by atoms with van der Waals surface area (Å²) < 4.78 is 2.32. The largest absolute Gasteiger partial charge is 0.347 e. The standard InChI is InChI=1S/C14H15N/c1-11-4-5-12-6-7-14(13(12)10-11)15-8-2-3-9-15/h2-5,8-10,14H,6-7H2,1H3. The van der Waals surface area contributed by atoms with Gasteiger partial charge in [0.05, 0.1) is 6.04 Å². The van der Waals surface area contributed by atoms with Crippen LogP contribution in [0.25, 0.3) is 0 Å². The minimum absolute atomic E-state index is 0.565. The lowest BCUT2D eigenvalue weighted by atomic mass is 10.1. The predicted molar refractivity (Wildman–Crippen MR) is 62.1 cm³/mol. The van der Waals surface area contributed by atoms with Gasteiger partial charge in [-0.3, -0.25) is 0 Å². The zero-order valence-electron chi connectivity index (χ0n) is 8.98. The van der Waals surface area contributed by atoms with E-state index in [1.807, 2.05) is 0 Å². The Bertz CT molecular complexity index is 468. The lowest BCUT2D eigenvalue weighted by Gasteiger charge is -2.14. The molecule has 0 amide bonds. The van der Waals surface area contributed by atoms with Crippen LogP contribution in [0.5, 0.6) is 0 Å². The molecule has 76 valence electrons. The Balaban J connectivity index is 2.08. The molecular weight excluding hydrogens is 182 g/mol. The summed E-state index contributed by atoms with van der Waals surface area (Å²) in [6, 6.07) is 11.6. The average molecular weight is 197 g/mol. The van der Waals surface area contributed by atoms with Gasteiger partial charge in [-0.25, -0.2) is 0 Å². The molecule has 0 fully saturated rings. The summed E-state index contributed by atoms with van der Waals surface area (Å²) in [6.07, 6.45) is 6.80. The van der Waals surface area contributed by atoms with Gasteiger partial charge in [0.1, 0.15) is 0 Å². The molecule has 1 aliphatic rings. The van der Waals surface area contributed by atoms with E-state index in [0.29, 0.717) is 6.04 Å². The lowest BCUT2D eigenvalue weighted by molar-refractivity contribution is 0.583. The van der Waals surface area contributed by atoms with Crippen molar-refractivity contribution in [2.75, 3.05) is 0 Å². The average Bonchev–Trinajstić information content (AvgIpc) is 2.83. The van der Waals surface area contributed by atoms with E-state index in [2.05, 4.69) is 54.2 Å². The van der Waals surface area contributed by atoms with Gasteiger partial charge in [-0.2, -0.15) is 0 Å². The molecule has 0 N–H and O–H groups in total. The fraction of sp³-hybridized carbons (Fsp3) is 0.286. The van der Waals surface area contributed by atoms with Crippen molar-refractivity contribution < 1.29 is 0 Å². The summed E-state index contributed by atoms with van der Waals surface area (Å²) in [4.78, 5) is 0. The zero-order chi connectivity index (χ0) is 10.3. The Kier molecular flexibility index (Phi) is 1.91. The van der Waals surface area contributed by atoms with Gasteiger partial charge in [0.2, 0.25) is 0 Å². The number of hydrogen-bond acceptors (Lipinski definition) is 0. The third kappa shape index (κ3) is 1.39.